The first-order valence-electron chi connectivity index (χ1n) is 9.74. The molecule has 0 fully saturated rings. The third-order valence-electron chi connectivity index (χ3n) is 4.68. The Labute approximate surface area is 185 Å². The molecule has 0 unspecified atom stereocenters. The quantitative estimate of drug-likeness (QED) is 0.420. The van der Waals surface area contributed by atoms with Gasteiger partial charge in [0.1, 0.15) is 6.73 Å². The van der Waals surface area contributed by atoms with Crippen LogP contribution >= 0.6 is 11.8 Å². The van der Waals surface area contributed by atoms with Gasteiger partial charge in [0, 0.05) is 35.5 Å². The number of pyridine rings is 1. The highest BCUT2D eigenvalue weighted by Gasteiger charge is 2.16. The molecule has 156 valence electrons. The Balaban J connectivity index is 1.57. The van der Waals surface area contributed by atoms with Crippen molar-refractivity contribution in [2.75, 3.05) is 20.9 Å². The van der Waals surface area contributed by atoms with Crippen molar-refractivity contribution in [1.82, 2.24) is 20.1 Å². The van der Waals surface area contributed by atoms with E-state index in [1.165, 1.54) is 0 Å². The minimum Gasteiger partial charge on any atom is -0.364 e. The van der Waals surface area contributed by atoms with Crippen molar-refractivity contribution in [3.63, 3.8) is 0 Å². The summed E-state index contributed by atoms with van der Waals surface area (Å²) >= 11 is 1.55. The zero-order chi connectivity index (χ0) is 21.6. The molecule has 0 saturated carbocycles. The first kappa shape index (κ1) is 20.8. The Bertz CT molecular complexity index is 1220. The number of rotatable bonds is 7. The second-order valence-electron chi connectivity index (χ2n) is 6.92. The second kappa shape index (κ2) is 9.59. The smallest absolute Gasteiger partial charge is 0.256 e. The summed E-state index contributed by atoms with van der Waals surface area (Å²) in [7, 11) is 3.30. The molecule has 1 N–H and O–H groups in total. The van der Waals surface area contributed by atoms with Crippen molar-refractivity contribution < 1.29 is 9.53 Å². The molecule has 2 heterocycles. The topological polar surface area (TPSA) is 71.1 Å². The number of aromatic amines is 1. The summed E-state index contributed by atoms with van der Waals surface area (Å²) in [5.41, 5.74) is 3.32. The monoisotopic (exact) mass is 430 g/mol. The molecule has 4 rings (SSSR count). The lowest BCUT2D eigenvalue weighted by molar-refractivity contribution is 0.0504. The SMILES string of the molecule is COCN(C)C(=O)c1ccccc1Sc1ccc2c(/C=C/c3ccccn3)n[nH]c2c1. The zero-order valence-electron chi connectivity index (χ0n) is 17.3. The van der Waals surface area contributed by atoms with Gasteiger partial charge < -0.3 is 9.64 Å². The summed E-state index contributed by atoms with van der Waals surface area (Å²) in [6.45, 7) is 0.243. The molecule has 0 aliphatic heterocycles. The van der Waals surface area contributed by atoms with Crippen LogP contribution < -0.4 is 0 Å². The van der Waals surface area contributed by atoms with E-state index >= 15 is 0 Å². The van der Waals surface area contributed by atoms with E-state index in [1.807, 2.05) is 72.8 Å². The number of ether oxygens (including phenoxy) is 1. The van der Waals surface area contributed by atoms with Crippen molar-refractivity contribution in [2.45, 2.75) is 9.79 Å². The first-order chi connectivity index (χ1) is 15.2. The second-order valence-corrected chi connectivity index (χ2v) is 8.04. The van der Waals surface area contributed by atoms with Crippen LogP contribution in [-0.4, -0.2) is 46.9 Å². The molecular formula is C24H22N4O2S. The highest BCUT2D eigenvalue weighted by molar-refractivity contribution is 7.99. The predicted octanol–water partition coefficient (Wildman–Crippen LogP) is 4.96. The van der Waals surface area contributed by atoms with Crippen molar-refractivity contribution in [2.24, 2.45) is 0 Å². The molecule has 4 aromatic rings. The van der Waals surface area contributed by atoms with Gasteiger partial charge in [0.05, 0.1) is 22.5 Å². The molecule has 0 aliphatic rings. The number of amides is 1. The van der Waals surface area contributed by atoms with E-state index in [9.17, 15) is 4.79 Å². The molecule has 0 saturated heterocycles. The van der Waals surface area contributed by atoms with Crippen LogP contribution in [0, 0.1) is 0 Å². The number of aromatic nitrogens is 3. The lowest BCUT2D eigenvalue weighted by Gasteiger charge is -2.17. The summed E-state index contributed by atoms with van der Waals surface area (Å²) in [5.74, 6) is -0.0745. The normalized spacial score (nSPS) is 11.3. The number of hydrogen-bond donors (Lipinski definition) is 1. The number of benzene rings is 2. The zero-order valence-corrected chi connectivity index (χ0v) is 18.1. The van der Waals surface area contributed by atoms with Gasteiger partial charge in [-0.15, -0.1) is 0 Å². The summed E-state index contributed by atoms with van der Waals surface area (Å²) in [5, 5.41) is 8.55. The Morgan fingerprint density at radius 2 is 1.97 bits per heavy atom. The maximum Gasteiger partial charge on any atom is 0.256 e. The maximum absolute atomic E-state index is 12.8. The molecule has 0 spiro atoms. The molecule has 0 atom stereocenters. The summed E-state index contributed by atoms with van der Waals surface area (Å²) in [6, 6.07) is 19.5. The Hall–Kier alpha value is -3.42. The van der Waals surface area contributed by atoms with Crippen LogP contribution in [0.25, 0.3) is 23.1 Å². The van der Waals surface area contributed by atoms with Gasteiger partial charge in [0.15, 0.2) is 0 Å². The number of methoxy groups -OCH3 is 1. The molecule has 31 heavy (non-hydrogen) atoms. The van der Waals surface area contributed by atoms with Gasteiger partial charge in [0.25, 0.3) is 5.91 Å². The molecule has 6 nitrogen and oxygen atoms in total. The molecule has 0 bridgehead atoms. The number of carbonyl (C=O) groups is 1. The maximum atomic E-state index is 12.8. The Kier molecular flexibility index (Phi) is 6.45. The fourth-order valence-electron chi connectivity index (χ4n) is 3.17. The van der Waals surface area contributed by atoms with Gasteiger partial charge in [-0.25, -0.2) is 0 Å². The van der Waals surface area contributed by atoms with E-state index in [0.29, 0.717) is 5.56 Å². The fraction of sp³-hybridized carbons (Fsp3) is 0.125. The molecule has 2 aromatic carbocycles. The highest BCUT2D eigenvalue weighted by Crippen LogP contribution is 2.33. The number of fused-ring (bicyclic) bond motifs is 1. The number of nitrogens with one attached hydrogen (secondary N) is 1. The predicted molar refractivity (Wildman–Crippen MR) is 124 cm³/mol. The van der Waals surface area contributed by atoms with Crippen molar-refractivity contribution in [1.29, 1.82) is 0 Å². The van der Waals surface area contributed by atoms with Crippen molar-refractivity contribution in [3.8, 4) is 0 Å². The van der Waals surface area contributed by atoms with E-state index in [2.05, 4.69) is 15.2 Å². The highest BCUT2D eigenvalue weighted by atomic mass is 32.2. The minimum atomic E-state index is -0.0745. The van der Waals surface area contributed by atoms with Crippen LogP contribution in [0.15, 0.2) is 76.7 Å². The average molecular weight is 431 g/mol. The van der Waals surface area contributed by atoms with Gasteiger partial charge in [-0.05, 0) is 54.6 Å². The number of hydrogen-bond acceptors (Lipinski definition) is 5. The average Bonchev–Trinajstić information content (AvgIpc) is 3.20. The molecule has 0 radical (unpaired) electrons. The molecular weight excluding hydrogens is 408 g/mol. The van der Waals surface area contributed by atoms with E-state index in [-0.39, 0.29) is 12.6 Å². The Morgan fingerprint density at radius 1 is 1.13 bits per heavy atom. The van der Waals surface area contributed by atoms with Gasteiger partial charge in [-0.1, -0.05) is 30.0 Å². The Morgan fingerprint density at radius 3 is 2.77 bits per heavy atom. The van der Waals surface area contributed by atoms with Gasteiger partial charge in [0.2, 0.25) is 0 Å². The largest absolute Gasteiger partial charge is 0.364 e. The van der Waals surface area contributed by atoms with Crippen molar-refractivity contribution in [3.05, 3.63) is 83.8 Å². The van der Waals surface area contributed by atoms with Crippen LogP contribution in [0.4, 0.5) is 0 Å². The summed E-state index contributed by atoms with van der Waals surface area (Å²) < 4.78 is 5.08. The number of carbonyl (C=O) groups excluding carboxylic acids is 1. The van der Waals surface area contributed by atoms with Crippen LogP contribution in [-0.2, 0) is 4.74 Å². The molecule has 7 heteroatoms. The van der Waals surface area contributed by atoms with Gasteiger partial charge in [-0.2, -0.15) is 5.10 Å². The number of H-pyrrole nitrogens is 1. The first-order valence-corrected chi connectivity index (χ1v) is 10.6. The third kappa shape index (κ3) is 4.84. The van der Waals surface area contributed by atoms with Gasteiger partial charge in [-0.3, -0.25) is 14.9 Å². The molecule has 0 aliphatic carbocycles. The van der Waals surface area contributed by atoms with E-state index in [4.69, 9.17) is 4.74 Å². The van der Waals surface area contributed by atoms with E-state index < -0.39 is 0 Å². The van der Waals surface area contributed by atoms with Crippen LogP contribution in [0.3, 0.4) is 0 Å². The number of nitrogens with zero attached hydrogens (tertiary/aromatic N) is 3. The van der Waals surface area contributed by atoms with E-state index in [0.717, 1.165) is 32.1 Å². The minimum absolute atomic E-state index is 0.0745. The molecule has 1 amide bonds. The van der Waals surface area contributed by atoms with Crippen LogP contribution in [0.2, 0.25) is 0 Å². The molecule has 2 aromatic heterocycles. The fourth-order valence-corrected chi connectivity index (χ4v) is 4.15. The van der Waals surface area contributed by atoms with Gasteiger partial charge >= 0.3 is 0 Å². The van der Waals surface area contributed by atoms with Crippen molar-refractivity contribution >= 4 is 40.7 Å². The summed E-state index contributed by atoms with van der Waals surface area (Å²) in [4.78, 5) is 20.5. The lowest BCUT2D eigenvalue weighted by atomic mass is 10.2. The summed E-state index contributed by atoms with van der Waals surface area (Å²) in [6.07, 6.45) is 5.66. The lowest BCUT2D eigenvalue weighted by Crippen LogP contribution is -2.28. The standard InChI is InChI=1S/C24H22N4O2S/c1-28(16-30-2)24(29)20-8-3-4-9-23(20)31-18-11-12-19-21(26-27-22(19)15-18)13-10-17-7-5-6-14-25-17/h3-15H,16H2,1-2H3,(H,26,27)/b13-10+. The van der Waals surface area contributed by atoms with Crippen LogP contribution in [0.1, 0.15) is 21.7 Å². The third-order valence-corrected chi connectivity index (χ3v) is 5.74. The van der Waals surface area contributed by atoms with E-state index in [1.54, 1.807) is 37.0 Å². The van der Waals surface area contributed by atoms with Crippen LogP contribution in [0.5, 0.6) is 0 Å².